The van der Waals surface area contributed by atoms with Crippen molar-refractivity contribution >= 4 is 17.4 Å². The van der Waals surface area contributed by atoms with Gasteiger partial charge in [0.05, 0.1) is 5.56 Å². The summed E-state index contributed by atoms with van der Waals surface area (Å²) in [5.41, 5.74) is 6.28. The number of rotatable bonds is 4. The van der Waals surface area contributed by atoms with Gasteiger partial charge in [-0.1, -0.05) is 6.07 Å². The highest BCUT2D eigenvalue weighted by atomic mass is 19.4. The predicted molar refractivity (Wildman–Crippen MR) is 107 cm³/mol. The number of nitrogens with one attached hydrogen (secondary N) is 1. The quantitative estimate of drug-likeness (QED) is 0.783. The highest BCUT2D eigenvalue weighted by Crippen LogP contribution is 2.39. The number of aromatic nitrogens is 2. The molecular weight excluding hydrogens is 395 g/mol. The summed E-state index contributed by atoms with van der Waals surface area (Å²) in [5, 5.41) is 2.97. The highest BCUT2D eigenvalue weighted by Gasteiger charge is 2.32. The first-order valence-corrected chi connectivity index (χ1v) is 10.1. The second-order valence-corrected chi connectivity index (χ2v) is 8.01. The maximum atomic E-state index is 13.1. The number of hydrogen-bond acceptors (Lipinski definition) is 5. The van der Waals surface area contributed by atoms with E-state index in [1.54, 1.807) is 17.9 Å². The molecule has 0 radical (unpaired) electrons. The molecule has 1 saturated heterocycles. The van der Waals surface area contributed by atoms with Crippen molar-refractivity contribution in [3.05, 3.63) is 46.9 Å². The maximum absolute atomic E-state index is 13.1. The van der Waals surface area contributed by atoms with Crippen molar-refractivity contribution in [2.45, 2.75) is 50.7 Å². The molecule has 2 heterocycles. The molecule has 0 unspecified atom stereocenters. The summed E-state index contributed by atoms with van der Waals surface area (Å²) >= 11 is 0. The Hall–Kier alpha value is -2.68. The summed E-state index contributed by atoms with van der Waals surface area (Å²) in [6, 6.07) is 5.03. The third-order valence-electron chi connectivity index (χ3n) is 5.59. The average molecular weight is 419 g/mol. The van der Waals surface area contributed by atoms with Crippen molar-refractivity contribution in [3.63, 3.8) is 0 Å². The molecule has 1 aromatic heterocycles. The summed E-state index contributed by atoms with van der Waals surface area (Å²) in [6.07, 6.45) is -1.08. The van der Waals surface area contributed by atoms with Gasteiger partial charge < -0.3 is 16.0 Å². The van der Waals surface area contributed by atoms with Crippen LogP contribution < -0.4 is 11.1 Å². The summed E-state index contributed by atoms with van der Waals surface area (Å²) in [4.78, 5) is 23.9. The number of anilines is 2. The van der Waals surface area contributed by atoms with Gasteiger partial charge in [-0.25, -0.2) is 9.97 Å². The Morgan fingerprint density at radius 3 is 2.50 bits per heavy atom. The minimum Gasteiger partial charge on any atom is -0.340 e. The molecule has 160 valence electrons. The van der Waals surface area contributed by atoms with Gasteiger partial charge in [0.2, 0.25) is 0 Å². The van der Waals surface area contributed by atoms with Crippen molar-refractivity contribution < 1.29 is 18.0 Å². The molecule has 1 aromatic carbocycles. The minimum atomic E-state index is -4.44. The van der Waals surface area contributed by atoms with Gasteiger partial charge in [0.1, 0.15) is 17.3 Å². The fraction of sp³-hybridized carbons (Fsp3) is 0.476. The lowest BCUT2D eigenvalue weighted by molar-refractivity contribution is -0.137. The van der Waals surface area contributed by atoms with Crippen molar-refractivity contribution in [2.24, 2.45) is 5.73 Å². The number of amides is 1. The van der Waals surface area contributed by atoms with Crippen LogP contribution in [0.25, 0.3) is 0 Å². The van der Waals surface area contributed by atoms with Crippen LogP contribution in [-0.4, -0.2) is 39.9 Å². The number of carbonyl (C=O) groups is 1. The molecule has 1 saturated carbocycles. The minimum absolute atomic E-state index is 0.0979. The van der Waals surface area contributed by atoms with Gasteiger partial charge in [-0.05, 0) is 50.8 Å². The van der Waals surface area contributed by atoms with Gasteiger partial charge in [-0.15, -0.1) is 0 Å². The second kappa shape index (κ2) is 7.86. The van der Waals surface area contributed by atoms with Gasteiger partial charge in [-0.3, -0.25) is 4.79 Å². The van der Waals surface area contributed by atoms with Crippen LogP contribution in [0.5, 0.6) is 0 Å². The molecule has 0 atom stereocenters. The summed E-state index contributed by atoms with van der Waals surface area (Å²) in [5.74, 6) is 0.931. The summed E-state index contributed by atoms with van der Waals surface area (Å²) in [6.45, 7) is 2.85. The monoisotopic (exact) mass is 419 g/mol. The van der Waals surface area contributed by atoms with Crippen molar-refractivity contribution in [1.82, 2.24) is 14.9 Å². The van der Waals surface area contributed by atoms with Crippen LogP contribution >= 0.6 is 0 Å². The van der Waals surface area contributed by atoms with Crippen LogP contribution in [0.4, 0.5) is 24.7 Å². The number of hydrogen-bond donors (Lipinski definition) is 2. The van der Waals surface area contributed by atoms with Crippen molar-refractivity contribution in [3.8, 4) is 0 Å². The van der Waals surface area contributed by atoms with E-state index in [9.17, 15) is 18.0 Å². The van der Waals surface area contributed by atoms with E-state index in [1.165, 1.54) is 6.07 Å². The molecule has 30 heavy (non-hydrogen) atoms. The zero-order chi connectivity index (χ0) is 21.5. The third-order valence-corrected chi connectivity index (χ3v) is 5.59. The Bertz CT molecular complexity index is 950. The molecule has 1 aliphatic carbocycles. The van der Waals surface area contributed by atoms with Gasteiger partial charge in [0.25, 0.3) is 5.91 Å². The highest BCUT2D eigenvalue weighted by molar-refractivity contribution is 5.95. The SMILES string of the molecule is Cc1c(Nc2cccc(C(F)(F)F)c2)nc(C2CC2)nc1C(=O)N1CCC(N)CC1. The summed E-state index contributed by atoms with van der Waals surface area (Å²) in [7, 11) is 0. The van der Waals surface area contributed by atoms with E-state index in [0.29, 0.717) is 36.0 Å². The van der Waals surface area contributed by atoms with E-state index >= 15 is 0 Å². The lowest BCUT2D eigenvalue weighted by Crippen LogP contribution is -2.43. The number of alkyl halides is 3. The molecule has 3 N–H and O–H groups in total. The molecule has 2 aromatic rings. The fourth-order valence-electron chi connectivity index (χ4n) is 3.55. The number of likely N-dealkylation sites (tertiary alicyclic amines) is 1. The zero-order valence-electron chi connectivity index (χ0n) is 16.7. The van der Waals surface area contributed by atoms with Gasteiger partial charge in [0, 0.05) is 36.3 Å². The average Bonchev–Trinajstić information content (AvgIpc) is 3.54. The van der Waals surface area contributed by atoms with Gasteiger partial charge in [-0.2, -0.15) is 13.2 Å². The fourth-order valence-corrected chi connectivity index (χ4v) is 3.55. The number of benzene rings is 1. The standard InChI is InChI=1S/C21H24F3N5O/c1-12-17(20(30)29-9-7-15(25)8-10-29)27-19(13-5-6-13)28-18(12)26-16-4-2-3-14(11-16)21(22,23)24/h2-4,11,13,15H,5-10,25H2,1H3,(H,26,27,28). The molecule has 4 rings (SSSR count). The lowest BCUT2D eigenvalue weighted by Gasteiger charge is -2.30. The molecule has 1 amide bonds. The predicted octanol–water partition coefficient (Wildman–Crippen LogP) is 3.99. The number of piperidine rings is 1. The Morgan fingerprint density at radius 2 is 1.87 bits per heavy atom. The Morgan fingerprint density at radius 1 is 1.17 bits per heavy atom. The zero-order valence-corrected chi connectivity index (χ0v) is 16.7. The van der Waals surface area contributed by atoms with Gasteiger partial charge >= 0.3 is 6.18 Å². The third kappa shape index (κ3) is 4.40. The van der Waals surface area contributed by atoms with Crippen LogP contribution in [0.2, 0.25) is 0 Å². The first-order valence-electron chi connectivity index (χ1n) is 10.1. The molecule has 1 aliphatic heterocycles. The Kier molecular flexibility index (Phi) is 5.40. The van der Waals surface area contributed by atoms with Crippen LogP contribution in [0.3, 0.4) is 0 Å². The smallest absolute Gasteiger partial charge is 0.340 e. The molecule has 0 bridgehead atoms. The van der Waals surface area contributed by atoms with E-state index in [-0.39, 0.29) is 23.6 Å². The Labute approximate surface area is 172 Å². The van der Waals surface area contributed by atoms with Crippen LogP contribution in [0.1, 0.15) is 59.0 Å². The molecule has 2 aliphatic rings. The van der Waals surface area contributed by atoms with Gasteiger partial charge in [0.15, 0.2) is 0 Å². The Balaban J connectivity index is 1.66. The number of nitrogens with two attached hydrogens (primary N) is 1. The van der Waals surface area contributed by atoms with E-state index in [0.717, 1.165) is 37.8 Å². The van der Waals surface area contributed by atoms with Crippen LogP contribution in [-0.2, 0) is 6.18 Å². The largest absolute Gasteiger partial charge is 0.416 e. The molecule has 0 spiro atoms. The van der Waals surface area contributed by atoms with E-state index < -0.39 is 11.7 Å². The second-order valence-electron chi connectivity index (χ2n) is 8.01. The molecule has 9 heteroatoms. The summed E-state index contributed by atoms with van der Waals surface area (Å²) < 4.78 is 39.2. The van der Waals surface area contributed by atoms with E-state index in [2.05, 4.69) is 15.3 Å². The lowest BCUT2D eigenvalue weighted by atomic mass is 10.1. The van der Waals surface area contributed by atoms with Crippen molar-refractivity contribution in [1.29, 1.82) is 0 Å². The topological polar surface area (TPSA) is 84.1 Å². The normalized spacial score (nSPS) is 17.8. The van der Waals surface area contributed by atoms with E-state index in [4.69, 9.17) is 5.73 Å². The van der Waals surface area contributed by atoms with Crippen LogP contribution in [0.15, 0.2) is 24.3 Å². The number of carbonyl (C=O) groups excluding carboxylic acids is 1. The molecule has 6 nitrogen and oxygen atoms in total. The molecule has 2 fully saturated rings. The number of halogens is 3. The maximum Gasteiger partial charge on any atom is 0.416 e. The first-order chi connectivity index (χ1) is 14.2. The van der Waals surface area contributed by atoms with Crippen LogP contribution in [0, 0.1) is 6.92 Å². The number of nitrogens with zero attached hydrogens (tertiary/aromatic N) is 3. The molecular formula is C21H24F3N5O. The first kappa shape index (κ1) is 20.6. The van der Waals surface area contributed by atoms with Crippen molar-refractivity contribution in [2.75, 3.05) is 18.4 Å². The van der Waals surface area contributed by atoms with E-state index in [1.807, 2.05) is 0 Å².